The van der Waals surface area contributed by atoms with Crippen LogP contribution in [0.1, 0.15) is 15.9 Å². The summed E-state index contributed by atoms with van der Waals surface area (Å²) in [5.41, 5.74) is 6.78. The average molecular weight is 457 g/mol. The van der Waals surface area contributed by atoms with Gasteiger partial charge in [-0.2, -0.15) is 0 Å². The van der Waals surface area contributed by atoms with Gasteiger partial charge in [0.1, 0.15) is 23.8 Å². The quantitative estimate of drug-likeness (QED) is 0.171. The highest BCUT2D eigenvalue weighted by Gasteiger charge is 2.15. The van der Waals surface area contributed by atoms with E-state index in [0.717, 1.165) is 11.8 Å². The van der Waals surface area contributed by atoms with Crippen LogP contribution in [0.5, 0.6) is 0 Å². The van der Waals surface area contributed by atoms with Gasteiger partial charge in [0.15, 0.2) is 5.16 Å². The summed E-state index contributed by atoms with van der Waals surface area (Å²) >= 11 is 0.971. The van der Waals surface area contributed by atoms with Gasteiger partial charge in [-0.3, -0.25) is 19.7 Å². The zero-order valence-corrected chi connectivity index (χ0v) is 17.2. The van der Waals surface area contributed by atoms with Crippen molar-refractivity contribution in [2.45, 2.75) is 11.8 Å². The number of hydrogen-bond donors (Lipinski definition) is 2. The highest BCUT2D eigenvalue weighted by molar-refractivity contribution is 7.99. The molecule has 1 heterocycles. The third kappa shape index (κ3) is 6.22. The van der Waals surface area contributed by atoms with Crippen LogP contribution < -0.4 is 11.1 Å². The Labute approximate surface area is 185 Å². The minimum Gasteiger partial charge on any atom is -0.460 e. The molecule has 0 aliphatic heterocycles. The maximum absolute atomic E-state index is 13.0. The molecule has 0 radical (unpaired) electrons. The second-order valence-corrected chi connectivity index (χ2v) is 7.23. The third-order valence-electron chi connectivity index (χ3n) is 4.01. The number of anilines is 2. The van der Waals surface area contributed by atoms with Gasteiger partial charge in [-0.25, -0.2) is 14.4 Å². The summed E-state index contributed by atoms with van der Waals surface area (Å²) in [4.78, 5) is 42.3. The maximum atomic E-state index is 13.0. The average Bonchev–Trinajstić information content (AvgIpc) is 2.78. The van der Waals surface area contributed by atoms with E-state index in [1.807, 2.05) is 0 Å². The van der Waals surface area contributed by atoms with Crippen LogP contribution in [0.15, 0.2) is 59.9 Å². The van der Waals surface area contributed by atoms with Crippen molar-refractivity contribution in [3.8, 4) is 0 Å². The normalized spacial score (nSPS) is 10.4. The van der Waals surface area contributed by atoms with Gasteiger partial charge in [-0.1, -0.05) is 11.8 Å². The number of nitrogens with zero attached hydrogens (tertiary/aromatic N) is 3. The first kappa shape index (κ1) is 22.6. The number of nitrogen functional groups attached to an aromatic ring is 1. The molecule has 1 amide bonds. The number of esters is 1. The van der Waals surface area contributed by atoms with Crippen molar-refractivity contribution < 1.29 is 23.6 Å². The highest BCUT2D eigenvalue weighted by Crippen LogP contribution is 2.19. The Bertz CT molecular complexity index is 1140. The van der Waals surface area contributed by atoms with Crippen molar-refractivity contribution in [1.29, 1.82) is 0 Å². The molecule has 164 valence electrons. The molecule has 2 aromatic carbocycles. The lowest BCUT2D eigenvalue weighted by Crippen LogP contribution is -2.16. The van der Waals surface area contributed by atoms with Crippen LogP contribution in [0.4, 0.5) is 21.6 Å². The minimum absolute atomic E-state index is 0.0272. The van der Waals surface area contributed by atoms with E-state index >= 15 is 0 Å². The lowest BCUT2D eigenvalue weighted by atomic mass is 10.2. The molecule has 0 bridgehead atoms. The van der Waals surface area contributed by atoms with E-state index in [1.54, 1.807) is 0 Å². The van der Waals surface area contributed by atoms with Crippen molar-refractivity contribution in [3.05, 3.63) is 81.8 Å². The zero-order valence-electron chi connectivity index (χ0n) is 16.4. The van der Waals surface area contributed by atoms with Crippen molar-refractivity contribution in [3.63, 3.8) is 0 Å². The molecule has 0 unspecified atom stereocenters. The summed E-state index contributed by atoms with van der Waals surface area (Å²) < 4.78 is 18.1. The Balaban J connectivity index is 1.50. The smallest absolute Gasteiger partial charge is 0.316 e. The molecule has 0 aliphatic rings. The Morgan fingerprint density at radius 2 is 1.84 bits per heavy atom. The van der Waals surface area contributed by atoms with Crippen molar-refractivity contribution in [2.24, 2.45) is 0 Å². The fraction of sp³-hybridized carbons (Fsp3) is 0.100. The molecule has 1 aromatic heterocycles. The molecule has 3 N–H and O–H groups in total. The molecule has 0 atom stereocenters. The zero-order chi connectivity index (χ0) is 23.1. The number of hydrogen-bond acceptors (Lipinski definition) is 9. The second-order valence-electron chi connectivity index (χ2n) is 6.29. The maximum Gasteiger partial charge on any atom is 0.316 e. The van der Waals surface area contributed by atoms with Crippen LogP contribution in [-0.2, 0) is 16.1 Å². The van der Waals surface area contributed by atoms with Crippen LogP contribution in [0.2, 0.25) is 0 Å². The van der Waals surface area contributed by atoms with E-state index in [4.69, 9.17) is 10.5 Å². The topological polar surface area (TPSA) is 150 Å². The molecular formula is C20H16FN5O5S. The summed E-state index contributed by atoms with van der Waals surface area (Å²) in [6.07, 6.45) is 1.23. The standard InChI is InChI=1S/C20H16FN5O5S/c21-13-3-5-14(6-4-13)24-19(28)16-9-23-20(25-18(16)22)32-11-17(27)31-10-12-1-7-15(8-2-12)26(29)30/h1-9H,10-11H2,(H,24,28)(H2,22,23,25). The minimum atomic E-state index is -0.562. The van der Waals surface area contributed by atoms with Crippen molar-refractivity contribution in [1.82, 2.24) is 9.97 Å². The molecule has 0 fully saturated rings. The first-order valence-electron chi connectivity index (χ1n) is 9.03. The number of benzene rings is 2. The molecule has 32 heavy (non-hydrogen) atoms. The Morgan fingerprint density at radius 3 is 2.47 bits per heavy atom. The largest absolute Gasteiger partial charge is 0.460 e. The number of nitro benzene ring substituents is 1. The third-order valence-corrected chi connectivity index (χ3v) is 4.84. The van der Waals surface area contributed by atoms with Gasteiger partial charge in [0.05, 0.1) is 10.7 Å². The second kappa shape index (κ2) is 10.3. The summed E-state index contributed by atoms with van der Waals surface area (Å²) in [5, 5.41) is 13.4. The number of non-ortho nitro benzene ring substituents is 1. The molecule has 12 heteroatoms. The molecule has 3 aromatic rings. The Hall–Kier alpha value is -4.06. The van der Waals surface area contributed by atoms with E-state index in [0.29, 0.717) is 11.3 Å². The lowest BCUT2D eigenvalue weighted by Gasteiger charge is -2.08. The van der Waals surface area contributed by atoms with Gasteiger partial charge in [-0.05, 0) is 42.0 Å². The van der Waals surface area contributed by atoms with E-state index in [-0.39, 0.29) is 34.6 Å². The molecule has 3 rings (SSSR count). The van der Waals surface area contributed by atoms with E-state index in [2.05, 4.69) is 15.3 Å². The highest BCUT2D eigenvalue weighted by atomic mass is 32.2. The predicted molar refractivity (Wildman–Crippen MR) is 114 cm³/mol. The first-order chi connectivity index (χ1) is 15.3. The number of nitro groups is 1. The number of carbonyl (C=O) groups excluding carboxylic acids is 2. The fourth-order valence-electron chi connectivity index (χ4n) is 2.40. The number of thioether (sulfide) groups is 1. The number of rotatable bonds is 8. The van der Waals surface area contributed by atoms with Crippen molar-refractivity contribution >= 4 is 40.8 Å². The number of amides is 1. The first-order valence-corrected chi connectivity index (χ1v) is 10.0. The predicted octanol–water partition coefficient (Wildman–Crippen LogP) is 3.19. The monoisotopic (exact) mass is 457 g/mol. The van der Waals surface area contributed by atoms with Crippen LogP contribution in [0.3, 0.4) is 0 Å². The molecule has 0 aliphatic carbocycles. The van der Waals surface area contributed by atoms with Crippen LogP contribution in [0, 0.1) is 15.9 Å². The fourth-order valence-corrected chi connectivity index (χ4v) is 3.02. The SMILES string of the molecule is Nc1nc(SCC(=O)OCc2ccc([N+](=O)[O-])cc2)ncc1C(=O)Nc1ccc(F)cc1. The number of ether oxygens (including phenoxy) is 1. The van der Waals surface area contributed by atoms with Crippen LogP contribution in [-0.4, -0.2) is 32.5 Å². The van der Waals surface area contributed by atoms with Crippen molar-refractivity contribution in [2.75, 3.05) is 16.8 Å². The van der Waals surface area contributed by atoms with Gasteiger partial charge in [0.25, 0.3) is 11.6 Å². The van der Waals surface area contributed by atoms with Gasteiger partial charge in [0, 0.05) is 24.0 Å². The molecule has 10 nitrogen and oxygen atoms in total. The molecule has 0 saturated heterocycles. The number of nitrogens with one attached hydrogen (secondary N) is 1. The molecular weight excluding hydrogens is 441 g/mol. The number of aromatic nitrogens is 2. The van der Waals surface area contributed by atoms with E-state index in [1.165, 1.54) is 54.7 Å². The molecule has 0 spiro atoms. The summed E-state index contributed by atoms with van der Waals surface area (Å²) in [6, 6.07) is 10.8. The van der Waals surface area contributed by atoms with E-state index in [9.17, 15) is 24.1 Å². The van der Waals surface area contributed by atoms with Crippen LogP contribution in [0.25, 0.3) is 0 Å². The molecule has 0 saturated carbocycles. The van der Waals surface area contributed by atoms with Crippen LogP contribution >= 0.6 is 11.8 Å². The van der Waals surface area contributed by atoms with Gasteiger partial charge >= 0.3 is 5.97 Å². The number of carbonyl (C=O) groups is 2. The number of halogens is 1. The van der Waals surface area contributed by atoms with Gasteiger partial charge in [0.2, 0.25) is 0 Å². The van der Waals surface area contributed by atoms with Gasteiger partial charge < -0.3 is 15.8 Å². The summed E-state index contributed by atoms with van der Waals surface area (Å²) in [7, 11) is 0. The number of nitrogens with two attached hydrogens (primary N) is 1. The van der Waals surface area contributed by atoms with Gasteiger partial charge in [-0.15, -0.1) is 0 Å². The lowest BCUT2D eigenvalue weighted by molar-refractivity contribution is -0.384. The Kier molecular flexibility index (Phi) is 7.29. The summed E-state index contributed by atoms with van der Waals surface area (Å²) in [6.45, 7) is -0.0388. The summed E-state index contributed by atoms with van der Waals surface area (Å²) in [5.74, 6) is -1.73. The van der Waals surface area contributed by atoms with E-state index < -0.39 is 22.6 Å². The Morgan fingerprint density at radius 1 is 1.16 bits per heavy atom.